The van der Waals surface area contributed by atoms with E-state index in [1.807, 2.05) is 12.1 Å². The lowest BCUT2D eigenvalue weighted by Gasteiger charge is -2.19. The van der Waals surface area contributed by atoms with Crippen molar-refractivity contribution in [2.24, 2.45) is 0 Å². The molecule has 0 bridgehead atoms. The van der Waals surface area contributed by atoms with E-state index in [1.165, 1.54) is 4.31 Å². The van der Waals surface area contributed by atoms with Gasteiger partial charge in [0, 0.05) is 12.2 Å². The first-order chi connectivity index (χ1) is 7.59. The van der Waals surface area contributed by atoms with Crippen LogP contribution in [0.5, 0.6) is 0 Å². The van der Waals surface area contributed by atoms with Gasteiger partial charge in [0.25, 0.3) is 0 Å². The van der Waals surface area contributed by atoms with Gasteiger partial charge in [0.15, 0.2) is 0 Å². The first-order valence-electron chi connectivity index (χ1n) is 5.49. The van der Waals surface area contributed by atoms with E-state index in [-0.39, 0.29) is 5.25 Å². The van der Waals surface area contributed by atoms with Crippen molar-refractivity contribution in [2.75, 3.05) is 16.6 Å². The van der Waals surface area contributed by atoms with Gasteiger partial charge in [0.1, 0.15) is 0 Å². The normalized spacial score (nSPS) is 19.9. The molecular formula is C11H14N2O2S. The second-order valence-electron chi connectivity index (χ2n) is 4.45. The van der Waals surface area contributed by atoms with Crippen molar-refractivity contribution in [3.05, 3.63) is 23.8 Å². The van der Waals surface area contributed by atoms with Crippen LogP contribution in [0.15, 0.2) is 18.2 Å². The Morgan fingerprint density at radius 3 is 2.75 bits per heavy atom. The van der Waals surface area contributed by atoms with Crippen LogP contribution in [-0.2, 0) is 16.4 Å². The van der Waals surface area contributed by atoms with E-state index in [0.717, 1.165) is 30.5 Å². The molecule has 3 rings (SSSR count). The van der Waals surface area contributed by atoms with Gasteiger partial charge in [-0.2, -0.15) is 0 Å². The highest BCUT2D eigenvalue weighted by Crippen LogP contribution is 2.38. The number of rotatable bonds is 2. The minimum Gasteiger partial charge on any atom is -0.399 e. The van der Waals surface area contributed by atoms with Crippen LogP contribution in [-0.4, -0.2) is 20.2 Å². The predicted molar refractivity (Wildman–Crippen MR) is 63.8 cm³/mol. The van der Waals surface area contributed by atoms with Crippen LogP contribution in [0.2, 0.25) is 0 Å². The fourth-order valence-corrected chi connectivity index (χ4v) is 4.06. The van der Waals surface area contributed by atoms with Gasteiger partial charge in [-0.1, -0.05) is 6.07 Å². The molecule has 2 N–H and O–H groups in total. The highest BCUT2D eigenvalue weighted by molar-refractivity contribution is 7.93. The minimum absolute atomic E-state index is 0.153. The molecule has 1 saturated carbocycles. The predicted octanol–water partition coefficient (Wildman–Crippen LogP) is 1.12. The summed E-state index contributed by atoms with van der Waals surface area (Å²) in [5.74, 6) is 0. The molecule has 0 spiro atoms. The van der Waals surface area contributed by atoms with Crippen molar-refractivity contribution in [2.45, 2.75) is 24.5 Å². The smallest absolute Gasteiger partial charge is 0.238 e. The Morgan fingerprint density at radius 1 is 1.31 bits per heavy atom. The fraction of sp³-hybridized carbons (Fsp3) is 0.455. The number of hydrogen-bond donors (Lipinski definition) is 1. The number of anilines is 2. The molecule has 5 heteroatoms. The number of fused-ring (bicyclic) bond motifs is 1. The van der Waals surface area contributed by atoms with E-state index < -0.39 is 10.0 Å². The van der Waals surface area contributed by atoms with Crippen LogP contribution in [0.25, 0.3) is 0 Å². The average molecular weight is 238 g/mol. The lowest BCUT2D eigenvalue weighted by molar-refractivity contribution is 0.591. The number of nitrogens with zero attached hydrogens (tertiary/aromatic N) is 1. The van der Waals surface area contributed by atoms with Crippen molar-refractivity contribution < 1.29 is 8.42 Å². The molecular weight excluding hydrogens is 224 g/mol. The third kappa shape index (κ3) is 1.38. The van der Waals surface area contributed by atoms with Gasteiger partial charge in [0.05, 0.1) is 10.9 Å². The largest absolute Gasteiger partial charge is 0.399 e. The molecule has 1 aromatic rings. The Labute approximate surface area is 95.1 Å². The van der Waals surface area contributed by atoms with Gasteiger partial charge in [-0.25, -0.2) is 8.42 Å². The number of sulfonamides is 1. The highest BCUT2D eigenvalue weighted by atomic mass is 32.2. The molecule has 1 heterocycles. The summed E-state index contributed by atoms with van der Waals surface area (Å²) in [6.07, 6.45) is 2.40. The monoisotopic (exact) mass is 238 g/mol. The van der Waals surface area contributed by atoms with Crippen LogP contribution in [0.4, 0.5) is 11.4 Å². The zero-order chi connectivity index (χ0) is 11.3. The van der Waals surface area contributed by atoms with E-state index >= 15 is 0 Å². The Balaban J connectivity index is 2.05. The molecule has 0 amide bonds. The SMILES string of the molecule is Nc1ccc2c(c1)N(S(=O)(=O)C1CC1)CC2. The first-order valence-corrected chi connectivity index (χ1v) is 6.99. The van der Waals surface area contributed by atoms with Gasteiger partial charge < -0.3 is 5.73 Å². The molecule has 1 aliphatic carbocycles. The van der Waals surface area contributed by atoms with E-state index in [1.54, 1.807) is 6.07 Å². The average Bonchev–Trinajstić information content (AvgIpc) is 2.99. The fourth-order valence-electron chi connectivity index (χ4n) is 2.18. The van der Waals surface area contributed by atoms with Gasteiger partial charge in [0.2, 0.25) is 10.0 Å². The Morgan fingerprint density at radius 2 is 2.06 bits per heavy atom. The van der Waals surface area contributed by atoms with Crippen molar-refractivity contribution in [1.82, 2.24) is 0 Å². The van der Waals surface area contributed by atoms with E-state index in [9.17, 15) is 8.42 Å². The molecule has 2 aliphatic rings. The molecule has 1 aromatic carbocycles. The Hall–Kier alpha value is -1.23. The van der Waals surface area contributed by atoms with Crippen LogP contribution >= 0.6 is 0 Å². The summed E-state index contributed by atoms with van der Waals surface area (Å²) >= 11 is 0. The van der Waals surface area contributed by atoms with E-state index in [4.69, 9.17) is 5.73 Å². The summed E-state index contributed by atoms with van der Waals surface area (Å²) in [7, 11) is -3.12. The summed E-state index contributed by atoms with van der Waals surface area (Å²) in [5.41, 5.74) is 8.19. The Kier molecular flexibility index (Phi) is 1.95. The molecule has 4 nitrogen and oxygen atoms in total. The molecule has 86 valence electrons. The first kappa shape index (κ1) is 9.96. The number of hydrogen-bond acceptors (Lipinski definition) is 3. The van der Waals surface area contributed by atoms with E-state index in [2.05, 4.69) is 0 Å². The summed E-state index contributed by atoms with van der Waals surface area (Å²) < 4.78 is 25.8. The summed E-state index contributed by atoms with van der Waals surface area (Å²) in [5, 5.41) is -0.153. The van der Waals surface area contributed by atoms with Crippen LogP contribution in [0.3, 0.4) is 0 Å². The van der Waals surface area contributed by atoms with E-state index in [0.29, 0.717) is 12.2 Å². The van der Waals surface area contributed by atoms with Crippen LogP contribution < -0.4 is 10.0 Å². The molecule has 0 unspecified atom stereocenters. The molecule has 0 saturated heterocycles. The molecule has 0 aromatic heterocycles. The van der Waals surface area contributed by atoms with Crippen molar-refractivity contribution in [3.63, 3.8) is 0 Å². The third-order valence-corrected chi connectivity index (χ3v) is 5.52. The molecule has 0 atom stereocenters. The maximum Gasteiger partial charge on any atom is 0.238 e. The van der Waals surface area contributed by atoms with Gasteiger partial charge >= 0.3 is 0 Å². The van der Waals surface area contributed by atoms with Gasteiger partial charge in [-0.15, -0.1) is 0 Å². The number of benzene rings is 1. The second-order valence-corrected chi connectivity index (χ2v) is 6.59. The zero-order valence-corrected chi connectivity index (χ0v) is 9.70. The summed E-state index contributed by atoms with van der Waals surface area (Å²) in [6, 6.07) is 5.52. The molecule has 0 radical (unpaired) electrons. The van der Waals surface area contributed by atoms with Gasteiger partial charge in [-0.3, -0.25) is 4.31 Å². The number of nitrogens with two attached hydrogens (primary N) is 1. The topological polar surface area (TPSA) is 63.4 Å². The summed E-state index contributed by atoms with van der Waals surface area (Å²) in [6.45, 7) is 0.567. The van der Waals surface area contributed by atoms with Crippen molar-refractivity contribution >= 4 is 21.4 Å². The number of nitrogen functional groups attached to an aromatic ring is 1. The Bertz CT molecular complexity index is 535. The quantitative estimate of drug-likeness (QED) is 0.785. The maximum absolute atomic E-state index is 12.2. The van der Waals surface area contributed by atoms with Crippen molar-refractivity contribution in [3.8, 4) is 0 Å². The standard InChI is InChI=1S/C11H14N2O2S/c12-9-2-1-8-5-6-13(11(8)7-9)16(14,15)10-3-4-10/h1-2,7,10H,3-6,12H2. The zero-order valence-electron chi connectivity index (χ0n) is 8.89. The highest BCUT2D eigenvalue weighted by Gasteiger charge is 2.42. The van der Waals surface area contributed by atoms with Gasteiger partial charge in [-0.05, 0) is 37.0 Å². The lowest BCUT2D eigenvalue weighted by atomic mass is 10.1. The molecule has 1 aliphatic heterocycles. The third-order valence-electron chi connectivity index (χ3n) is 3.22. The lowest BCUT2D eigenvalue weighted by Crippen LogP contribution is -2.32. The van der Waals surface area contributed by atoms with Crippen molar-refractivity contribution in [1.29, 1.82) is 0 Å². The summed E-state index contributed by atoms with van der Waals surface area (Å²) in [4.78, 5) is 0. The molecule has 1 fully saturated rings. The maximum atomic E-state index is 12.2. The second kappa shape index (κ2) is 3.13. The minimum atomic E-state index is -3.12. The molecule has 16 heavy (non-hydrogen) atoms. The van der Waals surface area contributed by atoms with Crippen LogP contribution in [0.1, 0.15) is 18.4 Å². The van der Waals surface area contributed by atoms with Crippen LogP contribution in [0, 0.1) is 0 Å².